The van der Waals surface area contributed by atoms with Crippen LogP contribution in [-0.4, -0.2) is 110 Å². The number of esters is 2. The minimum Gasteiger partial charge on any atom is -0.481 e. The van der Waals surface area contributed by atoms with Crippen molar-refractivity contribution >= 4 is 45.3 Å². The summed E-state index contributed by atoms with van der Waals surface area (Å²) in [4.78, 5) is 64.7. The fourth-order valence-electron chi connectivity index (χ4n) is 5.61. The monoisotopic (exact) mass is 1010 g/mol. The van der Waals surface area contributed by atoms with Crippen molar-refractivity contribution in [3.05, 3.63) is 85.1 Å². The van der Waals surface area contributed by atoms with Crippen LogP contribution in [-0.2, 0) is 46.6 Å². The first-order valence-corrected chi connectivity index (χ1v) is 27.3. The van der Waals surface area contributed by atoms with E-state index in [1.54, 1.807) is 18.2 Å². The Labute approximate surface area is 402 Å². The second-order valence-electron chi connectivity index (χ2n) is 15.5. The van der Waals surface area contributed by atoms with Crippen LogP contribution < -0.4 is 5.73 Å². The van der Waals surface area contributed by atoms with E-state index in [-0.39, 0.29) is 31.4 Å². The Morgan fingerprint density at radius 2 is 1.24 bits per heavy atom. The Morgan fingerprint density at radius 1 is 0.657 bits per heavy atom. The van der Waals surface area contributed by atoms with Gasteiger partial charge in [0.15, 0.2) is 6.10 Å². The minimum atomic E-state index is -4.98. The highest BCUT2D eigenvalue weighted by Crippen LogP contribution is 2.44. The molecule has 8 N–H and O–H groups in total. The average Bonchev–Trinajstić information content (AvgIpc) is 3.27. The van der Waals surface area contributed by atoms with Gasteiger partial charge in [0.2, 0.25) is 0 Å². The second-order valence-corrected chi connectivity index (χ2v) is 19.4. The number of carboxylic acids is 1. The molecule has 17 nitrogen and oxygen atoms in total. The quantitative estimate of drug-likeness (QED) is 0.00987. The lowest BCUT2D eigenvalue weighted by Crippen LogP contribution is -2.40. The standard InChI is InChI=1S/C47H79NO16P2S/c1-3-5-7-9-11-13-15-17-18-19-21-23-25-27-29-34-46(53)60-37-41(38-63-66(58,59)62-36-40(49)35-61-65(55,56)57)64-47(54)42(48)39-67-44(43(50)31-30-33-45(51)52)32-28-26-24-22-20-16-14-12-10-8-6-4-2/h5,7,11-14,17-18,20,22,24,26,28,32,40-44,49-50H,3-4,6,8-10,15-16,19,21,23,25,27,29-31,33-39,48H2,1-2H3,(H,51,52)(H,58,59)(H2,55,56,57)/b7-5-,13-11-,14-12-,18-17-,22-20-,26-24+,32-28+/t40-,41+,42-,43-,44+/m0/s1. The minimum absolute atomic E-state index is 0.0687. The van der Waals surface area contributed by atoms with Crippen molar-refractivity contribution in [3.8, 4) is 0 Å². The Morgan fingerprint density at radius 3 is 1.90 bits per heavy atom. The number of aliphatic hydroxyl groups is 2. The van der Waals surface area contributed by atoms with Crippen LogP contribution >= 0.6 is 27.4 Å². The number of aliphatic carboxylic acids is 1. The lowest BCUT2D eigenvalue weighted by molar-refractivity contribution is -0.161. The number of rotatable bonds is 43. The van der Waals surface area contributed by atoms with Crippen LogP contribution in [0.2, 0.25) is 0 Å². The van der Waals surface area contributed by atoms with Crippen molar-refractivity contribution in [3.63, 3.8) is 0 Å². The number of nitrogens with two attached hydrogens (primary N) is 1. The van der Waals surface area contributed by atoms with E-state index in [1.165, 1.54) is 19.3 Å². The Hall–Kier alpha value is -2.96. The van der Waals surface area contributed by atoms with Gasteiger partial charge in [-0.15, -0.1) is 11.8 Å². The van der Waals surface area contributed by atoms with Crippen molar-refractivity contribution in [1.29, 1.82) is 0 Å². The molecule has 0 aliphatic carbocycles. The van der Waals surface area contributed by atoms with Crippen molar-refractivity contribution in [2.75, 3.05) is 32.2 Å². The number of carbonyl (C=O) groups is 3. The highest BCUT2D eigenvalue weighted by molar-refractivity contribution is 8.00. The van der Waals surface area contributed by atoms with E-state index in [0.717, 1.165) is 76.0 Å². The Kier molecular flexibility index (Phi) is 40.1. The van der Waals surface area contributed by atoms with Crippen molar-refractivity contribution < 1.29 is 76.6 Å². The van der Waals surface area contributed by atoms with Gasteiger partial charge >= 0.3 is 33.6 Å². The molecule has 20 heteroatoms. The van der Waals surface area contributed by atoms with E-state index in [0.29, 0.717) is 6.42 Å². The van der Waals surface area contributed by atoms with Gasteiger partial charge in [0.25, 0.3) is 0 Å². The van der Waals surface area contributed by atoms with Gasteiger partial charge in [-0.2, -0.15) is 0 Å². The molecule has 0 fully saturated rings. The molecule has 0 aromatic rings. The second kappa shape index (κ2) is 42.0. The summed E-state index contributed by atoms with van der Waals surface area (Å²) in [5.41, 5.74) is 6.18. The first-order chi connectivity index (χ1) is 32.0. The number of allylic oxidation sites excluding steroid dienone is 13. The number of aliphatic hydroxyl groups excluding tert-OH is 2. The number of hydrogen-bond acceptors (Lipinski definition) is 14. The summed E-state index contributed by atoms with van der Waals surface area (Å²) in [5.74, 6) is -2.67. The number of carboxylic acid groups (broad SMARTS) is 1. The molecule has 0 aliphatic rings. The molecule has 0 amide bonds. The fourth-order valence-corrected chi connectivity index (χ4v) is 7.89. The van der Waals surface area contributed by atoms with Crippen LogP contribution in [0.25, 0.3) is 0 Å². The zero-order chi connectivity index (χ0) is 50.0. The largest absolute Gasteiger partial charge is 0.481 e. The molecule has 0 aromatic heterocycles. The van der Waals surface area contributed by atoms with E-state index in [2.05, 4.69) is 71.5 Å². The van der Waals surface area contributed by atoms with Crippen LogP contribution in [0.5, 0.6) is 0 Å². The maximum absolute atomic E-state index is 13.2. The predicted molar refractivity (Wildman–Crippen MR) is 263 cm³/mol. The van der Waals surface area contributed by atoms with E-state index in [9.17, 15) is 38.6 Å². The zero-order valence-corrected chi connectivity index (χ0v) is 42.0. The Balaban J connectivity index is 5.43. The highest BCUT2D eigenvalue weighted by Gasteiger charge is 2.30. The summed E-state index contributed by atoms with van der Waals surface area (Å²) in [5, 5.41) is 29.2. The summed E-state index contributed by atoms with van der Waals surface area (Å²) < 4.78 is 48.0. The van der Waals surface area contributed by atoms with Gasteiger partial charge in [-0.1, -0.05) is 131 Å². The fraction of sp³-hybridized carbons (Fsp3) is 0.638. The van der Waals surface area contributed by atoms with Crippen molar-refractivity contribution in [2.45, 2.75) is 159 Å². The molecule has 1 unspecified atom stereocenters. The molecule has 0 heterocycles. The number of unbranched alkanes of at least 4 members (excludes halogenated alkanes) is 8. The van der Waals surface area contributed by atoms with Crippen LogP contribution in [0.4, 0.5) is 0 Å². The molecular weight excluding hydrogens is 929 g/mol. The molecule has 6 atom stereocenters. The maximum atomic E-state index is 13.2. The molecule has 0 saturated heterocycles. The number of carbonyl (C=O) groups excluding carboxylic acids is 2. The number of thioether (sulfide) groups is 1. The number of hydrogen-bond donors (Lipinski definition) is 7. The molecule has 0 radical (unpaired) electrons. The smallest absolute Gasteiger partial charge is 0.472 e. The average molecular weight is 1010 g/mol. The summed E-state index contributed by atoms with van der Waals surface area (Å²) in [6.07, 6.45) is 37.7. The van der Waals surface area contributed by atoms with Crippen LogP contribution in [0.3, 0.4) is 0 Å². The van der Waals surface area contributed by atoms with E-state index < -0.39 is 89.6 Å². The molecule has 0 rings (SSSR count). The maximum Gasteiger partial charge on any atom is 0.472 e. The van der Waals surface area contributed by atoms with E-state index in [1.807, 2.05) is 18.2 Å². The predicted octanol–water partition coefficient (Wildman–Crippen LogP) is 8.87. The van der Waals surface area contributed by atoms with Gasteiger partial charge in [-0.25, -0.2) is 9.13 Å². The normalized spacial score (nSPS) is 15.9. The van der Waals surface area contributed by atoms with Gasteiger partial charge in [0, 0.05) is 23.8 Å². The Bertz CT molecular complexity index is 1630. The molecule has 0 bridgehead atoms. The highest BCUT2D eigenvalue weighted by atomic mass is 32.2. The van der Waals surface area contributed by atoms with E-state index >= 15 is 0 Å². The number of ether oxygens (including phenoxy) is 2. The van der Waals surface area contributed by atoms with Crippen LogP contribution in [0.1, 0.15) is 129 Å². The van der Waals surface area contributed by atoms with Gasteiger partial charge in [-0.05, 0) is 70.6 Å². The zero-order valence-electron chi connectivity index (χ0n) is 39.4. The van der Waals surface area contributed by atoms with Crippen molar-refractivity contribution in [2.24, 2.45) is 5.73 Å². The van der Waals surface area contributed by atoms with Gasteiger partial charge in [0.1, 0.15) is 18.8 Å². The number of phosphoric acid groups is 2. The van der Waals surface area contributed by atoms with Gasteiger partial charge in [-0.3, -0.25) is 28.0 Å². The van der Waals surface area contributed by atoms with E-state index in [4.69, 9.17) is 34.6 Å². The molecule has 0 aliphatic heterocycles. The third-order valence-electron chi connectivity index (χ3n) is 9.26. The molecular formula is C47H79NO16P2S. The summed E-state index contributed by atoms with van der Waals surface area (Å²) >= 11 is 1.13. The molecule has 384 valence electrons. The molecule has 67 heavy (non-hydrogen) atoms. The third-order valence-corrected chi connectivity index (χ3v) is 12.1. The van der Waals surface area contributed by atoms with Gasteiger partial charge < -0.3 is 45.2 Å². The SMILES string of the molecule is CC/C=C\C/C=C\C/C=C\CCCCCCCC(=O)OC[C@H](COP(=O)(O)OC[C@@H](O)COP(=O)(O)O)OC(=O)[C@@H](N)CS[C@H](/C=C/C=C/C=C\C/C=C\CCCCC)[C@@H](O)CCCC(=O)O. The summed E-state index contributed by atoms with van der Waals surface area (Å²) in [7, 11) is -9.91. The summed E-state index contributed by atoms with van der Waals surface area (Å²) in [6.45, 7) is 1.01. The molecule has 0 aromatic carbocycles. The topological polar surface area (TPSA) is 279 Å². The van der Waals surface area contributed by atoms with Gasteiger partial charge in [0.05, 0.1) is 25.9 Å². The third kappa shape index (κ3) is 42.8. The van der Waals surface area contributed by atoms with Crippen LogP contribution in [0.15, 0.2) is 85.1 Å². The summed E-state index contributed by atoms with van der Waals surface area (Å²) in [6, 6.07) is -1.30. The molecule has 0 saturated carbocycles. The van der Waals surface area contributed by atoms with Crippen LogP contribution in [0, 0.1) is 0 Å². The first-order valence-electron chi connectivity index (χ1n) is 23.2. The lowest BCUT2D eigenvalue weighted by atomic mass is 10.1. The number of phosphoric ester groups is 2. The molecule has 0 spiro atoms. The van der Waals surface area contributed by atoms with Crippen molar-refractivity contribution in [1.82, 2.24) is 0 Å². The first kappa shape index (κ1) is 64.0. The lowest BCUT2D eigenvalue weighted by Gasteiger charge is -2.23.